The minimum Gasteiger partial charge on any atom is -0.493 e. The summed E-state index contributed by atoms with van der Waals surface area (Å²) >= 11 is 9.53. The van der Waals surface area contributed by atoms with Crippen molar-refractivity contribution in [2.45, 2.75) is 26.4 Å². The fourth-order valence-corrected chi connectivity index (χ4v) is 2.99. The van der Waals surface area contributed by atoms with Gasteiger partial charge in [0.1, 0.15) is 0 Å². The van der Waals surface area contributed by atoms with Crippen molar-refractivity contribution in [1.29, 1.82) is 0 Å². The molecule has 0 amide bonds. The molecule has 2 aromatic rings. The number of aryl methyl sites for hydroxylation is 1. The number of hydrogen-bond donors (Lipinski definition) is 1. The molecule has 20 heavy (non-hydrogen) atoms. The minimum atomic E-state index is 0.655. The summed E-state index contributed by atoms with van der Waals surface area (Å²) in [7, 11) is 1.64. The fraction of sp³-hybridized carbons (Fsp3) is 0.357. The summed E-state index contributed by atoms with van der Waals surface area (Å²) in [5.41, 5.74) is 1.99. The molecule has 1 N–H and O–H groups in total. The lowest BCUT2D eigenvalue weighted by Gasteiger charge is -2.14. The molecule has 108 valence electrons. The quantitative estimate of drug-likeness (QED) is 0.835. The zero-order valence-electron chi connectivity index (χ0n) is 11.5. The molecule has 1 aromatic carbocycles. The third-order valence-electron chi connectivity index (χ3n) is 2.94. The second kappa shape index (κ2) is 6.99. The molecule has 1 heterocycles. The molecule has 0 aliphatic heterocycles. The summed E-state index contributed by atoms with van der Waals surface area (Å²) in [5.74, 6) is 0.746. The van der Waals surface area contributed by atoms with Crippen LogP contribution in [0, 0.1) is 0 Å². The number of methoxy groups -OCH3 is 1. The van der Waals surface area contributed by atoms with Gasteiger partial charge in [0.2, 0.25) is 0 Å². The highest BCUT2D eigenvalue weighted by molar-refractivity contribution is 9.10. The second-order valence-corrected chi connectivity index (χ2v) is 5.69. The van der Waals surface area contributed by atoms with Gasteiger partial charge in [0.15, 0.2) is 5.75 Å². The Bertz CT molecular complexity index is 586. The van der Waals surface area contributed by atoms with E-state index in [0.29, 0.717) is 11.6 Å². The minimum absolute atomic E-state index is 0.655. The number of benzene rings is 1. The van der Waals surface area contributed by atoms with E-state index < -0.39 is 0 Å². The van der Waals surface area contributed by atoms with Crippen molar-refractivity contribution in [3.05, 3.63) is 39.8 Å². The fourth-order valence-electron chi connectivity index (χ4n) is 2.02. The van der Waals surface area contributed by atoms with Gasteiger partial charge in [-0.15, -0.1) is 0 Å². The van der Waals surface area contributed by atoms with Gasteiger partial charge in [0.25, 0.3) is 0 Å². The van der Waals surface area contributed by atoms with Crippen LogP contribution < -0.4 is 10.1 Å². The van der Waals surface area contributed by atoms with Crippen LogP contribution in [0.1, 0.15) is 19.0 Å². The third-order valence-corrected chi connectivity index (χ3v) is 3.74. The molecular weight excluding hydrogens is 342 g/mol. The smallest absolute Gasteiger partial charge is 0.156 e. The van der Waals surface area contributed by atoms with Gasteiger partial charge in [-0.3, -0.25) is 0 Å². The van der Waals surface area contributed by atoms with Gasteiger partial charge >= 0.3 is 0 Å². The highest BCUT2D eigenvalue weighted by atomic mass is 79.9. The Morgan fingerprint density at radius 3 is 2.95 bits per heavy atom. The first-order chi connectivity index (χ1) is 9.65. The van der Waals surface area contributed by atoms with Crippen LogP contribution in [0.4, 0.5) is 5.69 Å². The van der Waals surface area contributed by atoms with Crippen molar-refractivity contribution in [2.75, 3.05) is 12.4 Å². The molecule has 0 aliphatic carbocycles. The van der Waals surface area contributed by atoms with Gasteiger partial charge in [-0.2, -0.15) is 0 Å². The normalized spacial score (nSPS) is 10.6. The van der Waals surface area contributed by atoms with Crippen LogP contribution in [-0.2, 0) is 13.1 Å². The SMILES string of the molecule is CCCn1cncc1CNc1cc(Cl)cc(Br)c1OC. The van der Waals surface area contributed by atoms with Gasteiger partial charge in [0.05, 0.1) is 35.8 Å². The second-order valence-electron chi connectivity index (χ2n) is 4.40. The lowest BCUT2D eigenvalue weighted by Crippen LogP contribution is -2.07. The Kier molecular flexibility index (Phi) is 5.31. The largest absolute Gasteiger partial charge is 0.493 e. The summed E-state index contributed by atoms with van der Waals surface area (Å²) < 4.78 is 8.36. The highest BCUT2D eigenvalue weighted by Crippen LogP contribution is 2.36. The molecule has 0 spiro atoms. The molecule has 0 fully saturated rings. The Balaban J connectivity index is 2.16. The van der Waals surface area contributed by atoms with Crippen LogP contribution in [0.5, 0.6) is 5.75 Å². The van der Waals surface area contributed by atoms with Crippen LogP contribution >= 0.6 is 27.5 Å². The van der Waals surface area contributed by atoms with E-state index in [4.69, 9.17) is 16.3 Å². The van der Waals surface area contributed by atoms with Gasteiger partial charge in [0, 0.05) is 17.8 Å². The van der Waals surface area contributed by atoms with Crippen molar-refractivity contribution < 1.29 is 4.74 Å². The molecule has 0 aliphatic rings. The number of imidazole rings is 1. The van der Waals surface area contributed by atoms with Crippen LogP contribution in [0.3, 0.4) is 0 Å². The molecule has 2 rings (SSSR count). The molecule has 0 saturated carbocycles. The average molecular weight is 359 g/mol. The van der Waals surface area contributed by atoms with Crippen molar-refractivity contribution in [3.8, 4) is 5.75 Å². The van der Waals surface area contributed by atoms with Crippen molar-refractivity contribution in [2.24, 2.45) is 0 Å². The number of halogens is 2. The van der Waals surface area contributed by atoms with E-state index in [1.165, 1.54) is 0 Å². The molecule has 6 heteroatoms. The maximum atomic E-state index is 6.08. The number of nitrogens with one attached hydrogen (secondary N) is 1. The summed E-state index contributed by atoms with van der Waals surface area (Å²) in [4.78, 5) is 4.19. The average Bonchev–Trinajstić information content (AvgIpc) is 2.84. The third kappa shape index (κ3) is 3.46. The van der Waals surface area contributed by atoms with Crippen LogP contribution in [-0.4, -0.2) is 16.7 Å². The summed E-state index contributed by atoms with van der Waals surface area (Å²) in [5, 5.41) is 4.00. The summed E-state index contributed by atoms with van der Waals surface area (Å²) in [6.45, 7) is 3.78. The number of ether oxygens (including phenoxy) is 1. The molecule has 0 unspecified atom stereocenters. The number of nitrogens with zero attached hydrogens (tertiary/aromatic N) is 2. The molecule has 4 nitrogen and oxygen atoms in total. The van der Waals surface area contributed by atoms with Crippen molar-refractivity contribution in [3.63, 3.8) is 0 Å². The van der Waals surface area contributed by atoms with E-state index in [2.05, 4.69) is 37.7 Å². The zero-order chi connectivity index (χ0) is 14.5. The van der Waals surface area contributed by atoms with Gasteiger partial charge in [-0.05, 0) is 34.5 Å². The van der Waals surface area contributed by atoms with Gasteiger partial charge < -0.3 is 14.6 Å². The molecule has 1 aromatic heterocycles. The summed E-state index contributed by atoms with van der Waals surface area (Å²) in [6, 6.07) is 3.67. The van der Waals surface area contributed by atoms with Crippen LogP contribution in [0.15, 0.2) is 29.1 Å². The van der Waals surface area contributed by atoms with Gasteiger partial charge in [-0.1, -0.05) is 18.5 Å². The monoisotopic (exact) mass is 357 g/mol. The van der Waals surface area contributed by atoms with Crippen molar-refractivity contribution >= 4 is 33.2 Å². The zero-order valence-corrected chi connectivity index (χ0v) is 13.8. The lowest BCUT2D eigenvalue weighted by atomic mass is 10.3. The highest BCUT2D eigenvalue weighted by Gasteiger charge is 2.10. The van der Waals surface area contributed by atoms with Gasteiger partial charge in [-0.25, -0.2) is 4.98 Å². The van der Waals surface area contributed by atoms with E-state index in [1.54, 1.807) is 7.11 Å². The molecule has 0 bridgehead atoms. The van der Waals surface area contributed by atoms with E-state index in [0.717, 1.165) is 34.6 Å². The first kappa shape index (κ1) is 15.2. The standard InChI is InChI=1S/C14H17BrClN3O/c1-3-4-19-9-17-7-11(19)8-18-13-6-10(16)5-12(15)14(13)20-2/h5-7,9,18H,3-4,8H2,1-2H3. The summed E-state index contributed by atoms with van der Waals surface area (Å²) in [6.07, 6.45) is 4.80. The predicted molar refractivity (Wildman–Crippen MR) is 85.5 cm³/mol. The number of hydrogen-bond acceptors (Lipinski definition) is 3. The first-order valence-corrected chi connectivity index (χ1v) is 7.58. The number of aromatic nitrogens is 2. The first-order valence-electron chi connectivity index (χ1n) is 6.41. The molecule has 0 atom stereocenters. The van der Waals surface area contributed by atoms with Crippen LogP contribution in [0.25, 0.3) is 0 Å². The molecule has 0 saturated heterocycles. The number of anilines is 1. The maximum absolute atomic E-state index is 6.08. The maximum Gasteiger partial charge on any atom is 0.156 e. The van der Waals surface area contributed by atoms with Crippen LogP contribution in [0.2, 0.25) is 5.02 Å². The predicted octanol–water partition coefficient (Wildman–Crippen LogP) is 4.33. The Morgan fingerprint density at radius 1 is 1.45 bits per heavy atom. The lowest BCUT2D eigenvalue weighted by molar-refractivity contribution is 0.414. The Hall–Kier alpha value is -1.20. The number of rotatable bonds is 6. The topological polar surface area (TPSA) is 39.1 Å². The van der Waals surface area contributed by atoms with E-state index in [-0.39, 0.29) is 0 Å². The Labute approximate surface area is 132 Å². The van der Waals surface area contributed by atoms with E-state index in [9.17, 15) is 0 Å². The van der Waals surface area contributed by atoms with Crippen molar-refractivity contribution in [1.82, 2.24) is 9.55 Å². The molecule has 0 radical (unpaired) electrons. The Morgan fingerprint density at radius 2 is 2.25 bits per heavy atom. The van der Waals surface area contributed by atoms with E-state index >= 15 is 0 Å². The molecular formula is C14H17BrClN3O. The van der Waals surface area contributed by atoms with E-state index in [1.807, 2.05) is 24.7 Å².